The first-order valence-corrected chi connectivity index (χ1v) is 54.7. The molecule has 756 valence electrons. The first kappa shape index (κ1) is 118. The third-order valence-corrected chi connectivity index (χ3v) is 32.3. The average molecular weight is 2360 g/mol. The summed E-state index contributed by atoms with van der Waals surface area (Å²) >= 11 is 92.2. The first-order valence-electron chi connectivity index (χ1n) is 43.4. The van der Waals surface area contributed by atoms with Gasteiger partial charge in [-0.1, -0.05) is 280 Å². The number of hydrogen-bond donors (Lipinski definition) is 10. The molecule has 5 heterocycles. The maximum Gasteiger partial charge on any atom is 0.248 e. The van der Waals surface area contributed by atoms with Gasteiger partial charge >= 0.3 is 0 Å². The van der Waals surface area contributed by atoms with Crippen molar-refractivity contribution in [2.24, 2.45) is 30.7 Å². The molecule has 0 aliphatic carbocycles. The summed E-state index contributed by atoms with van der Waals surface area (Å²) in [6, 6.07) is 61.6. The van der Waals surface area contributed by atoms with Gasteiger partial charge in [-0.25, -0.2) is 0 Å². The minimum atomic E-state index is -2.27. The number of aliphatic imine (C=N–C) groups is 5. The van der Waals surface area contributed by atoms with Gasteiger partial charge in [-0.05, 0) is 216 Å². The molecule has 1 amide bonds. The monoisotopic (exact) mass is 2350 g/mol. The van der Waals surface area contributed by atoms with E-state index in [4.69, 9.17) is 183 Å². The Morgan fingerprint density at radius 2 is 0.562 bits per heavy atom. The first-order chi connectivity index (χ1) is 69.1. The van der Waals surface area contributed by atoms with E-state index in [1.807, 2.05) is 146 Å². The molecule has 13 N–H and O–H groups in total. The topological polar surface area (TPSA) is 342 Å². The number of amides is 1. The molecule has 18 nitrogen and oxygen atoms in total. The highest BCUT2D eigenvalue weighted by Crippen LogP contribution is 2.47. The molecular weight excluding hydrogens is 2270 g/mol. The quantitative estimate of drug-likeness (QED) is 0.0104. The molecule has 10 aromatic carbocycles. The van der Waals surface area contributed by atoms with Gasteiger partial charge in [0.2, 0.25) is 5.91 Å². The van der Waals surface area contributed by atoms with Crippen LogP contribution in [0.2, 0.25) is 50.2 Å². The molecule has 0 radical (unpaired) electrons. The molecular formula is C107H90Cl10N7O11S11-. The van der Waals surface area contributed by atoms with Crippen molar-refractivity contribution in [2.75, 3.05) is 32.7 Å². The van der Waals surface area contributed by atoms with Crippen LogP contribution in [0.25, 0.3) is 52.2 Å². The zero-order valence-corrected chi connectivity index (χ0v) is 94.5. The van der Waals surface area contributed by atoms with Crippen LogP contribution in [0, 0.1) is 0 Å². The lowest BCUT2D eigenvalue weighted by atomic mass is 10.1. The average Bonchev–Trinajstić information content (AvgIpc) is 1.67. The van der Waals surface area contributed by atoms with E-state index in [0.717, 1.165) is 96.1 Å². The number of aliphatic hydroxyl groups is 1. The third-order valence-electron chi connectivity index (χ3n) is 21.5. The number of phenols is 2. The maximum absolute atomic E-state index is 11.1. The fourth-order valence-electron chi connectivity index (χ4n) is 13.8. The van der Waals surface area contributed by atoms with Crippen molar-refractivity contribution in [2.45, 2.75) is 78.2 Å². The highest BCUT2D eigenvalue weighted by molar-refractivity contribution is 7.81. The number of carbonyl (C=O) groups excluding carboxylic acids is 1. The van der Waals surface area contributed by atoms with Crippen molar-refractivity contribution in [1.29, 1.82) is 0 Å². The van der Waals surface area contributed by atoms with Crippen molar-refractivity contribution in [1.82, 2.24) is 6.15 Å². The second-order valence-electron chi connectivity index (χ2n) is 32.1. The predicted octanol–water partition coefficient (Wildman–Crippen LogP) is 31.6. The van der Waals surface area contributed by atoms with E-state index in [-0.39, 0.29) is 57.9 Å². The zero-order chi connectivity index (χ0) is 105. The van der Waals surface area contributed by atoms with Gasteiger partial charge < -0.3 is 57.3 Å². The summed E-state index contributed by atoms with van der Waals surface area (Å²) < 4.78 is 22.2. The van der Waals surface area contributed by atoms with Crippen LogP contribution < -0.4 is 11.9 Å². The number of nitrogens with zero attached hydrogens (tertiary/aromatic N) is 5. The van der Waals surface area contributed by atoms with Gasteiger partial charge in [0, 0.05) is 150 Å². The number of thiophene rings is 5. The summed E-state index contributed by atoms with van der Waals surface area (Å²) in [7, 11) is 0. The smallest absolute Gasteiger partial charge is 0.248 e. The summed E-state index contributed by atoms with van der Waals surface area (Å²) in [5, 5.41) is 95.2. The molecule has 39 heteroatoms. The van der Waals surface area contributed by atoms with Gasteiger partial charge in [-0.2, -0.15) is 0 Å². The molecule has 0 fully saturated rings. The van der Waals surface area contributed by atoms with E-state index in [1.54, 1.807) is 121 Å². The van der Waals surface area contributed by atoms with E-state index in [9.17, 15) is 54.4 Å². The zero-order valence-electron chi connectivity index (χ0n) is 78.0. The minimum absolute atomic E-state index is 0. The van der Waals surface area contributed by atoms with Crippen LogP contribution in [0.3, 0.4) is 0 Å². The van der Waals surface area contributed by atoms with Crippen LogP contribution in [-0.2, 0) is 49.8 Å². The number of rotatable bonds is 33. The Hall–Kier alpha value is -9.50. The number of aliphatic hydroxyl groups excluding tert-OH is 1. The molecule has 1 unspecified atom stereocenters. The van der Waals surface area contributed by atoms with E-state index in [0.29, 0.717) is 191 Å². The number of nitrogens with two attached hydrogens (primary N) is 1. The van der Waals surface area contributed by atoms with Crippen LogP contribution in [0.1, 0.15) is 106 Å². The molecule has 5 aromatic heterocycles. The normalized spacial score (nSPS) is 11.7. The van der Waals surface area contributed by atoms with Crippen molar-refractivity contribution in [3.8, 4) is 92.4 Å². The Morgan fingerprint density at radius 3 is 0.822 bits per heavy atom. The Labute approximate surface area is 944 Å². The molecule has 0 bridgehead atoms. The summed E-state index contributed by atoms with van der Waals surface area (Å²) in [4.78, 5) is 41.3. The highest BCUT2D eigenvalue weighted by atomic mass is 35.5. The number of aromatic hydroxyl groups is 7. The van der Waals surface area contributed by atoms with Gasteiger partial charge in [0.15, 0.2) is 0 Å². The van der Waals surface area contributed by atoms with Crippen molar-refractivity contribution in [3.05, 3.63) is 356 Å². The van der Waals surface area contributed by atoms with Crippen molar-refractivity contribution >= 4 is 304 Å². The lowest BCUT2D eigenvalue weighted by molar-refractivity contribution is 0.1000. The van der Waals surface area contributed by atoms with Crippen molar-refractivity contribution < 1.29 is 54.4 Å². The van der Waals surface area contributed by atoms with Crippen molar-refractivity contribution in [3.63, 3.8) is 0 Å². The van der Waals surface area contributed by atoms with Gasteiger partial charge in [0.1, 0.15) is 40.2 Å². The fraction of sp³-hybridized carbons (Fsp3) is 0.150. The molecule has 0 aliphatic rings. The van der Waals surface area contributed by atoms with E-state index in [1.165, 1.54) is 62.8 Å². The molecule has 0 saturated carbocycles. The van der Waals surface area contributed by atoms with Crippen LogP contribution in [0.5, 0.6) is 40.2 Å². The molecule has 15 aromatic rings. The molecule has 0 saturated heterocycles. The number of phenolic OH excluding ortho intramolecular Hbond substituents is 2. The minimum Gasteiger partial charge on any atom is -0.768 e. The lowest BCUT2D eigenvalue weighted by Gasteiger charge is -2.08. The SMILES string of the molecule is CC(=NCC(=S)Cc1ccc(C(N)=O)cc1)c1csc(-c2ccc(Cl)c(Cl)c2)c1O.CC(=NCC(=S)Cc1ccc(O)cc1)c1csc(-c2ccc(Cl)c(Cl)c2)c1O.CC(=NCC(=S)Cc1cccc(CO)c1)c1csc(-c2ccc(Cl)c(Cl)c2)c1O.CC(=NCC(=S)Cc1cccc(O)c1)c1csc(-c2ccc(Cl)c(Cl)c2)c1O.CC(=NCC(=S)Cc1cccc(S(=O)[O-])c1)c1csc(-c2ccc(Cl)c(Cl)c2)c1O.N. The number of halogens is 10. The fourth-order valence-corrected chi connectivity index (χ4v) is 21.9. The Balaban J connectivity index is 0.000000187. The number of primary amides is 1. The van der Waals surface area contributed by atoms with Crippen LogP contribution >= 0.6 is 234 Å². The highest BCUT2D eigenvalue weighted by Gasteiger charge is 2.23. The summed E-state index contributed by atoms with van der Waals surface area (Å²) in [6.07, 6.45) is 2.79. The Kier molecular flexibility index (Phi) is 46.2. The van der Waals surface area contributed by atoms with Crippen LogP contribution in [0.4, 0.5) is 0 Å². The van der Waals surface area contributed by atoms with Gasteiger partial charge in [0.25, 0.3) is 0 Å². The molecule has 15 rings (SSSR count). The maximum atomic E-state index is 11.1. The summed E-state index contributed by atoms with van der Waals surface area (Å²) in [5.41, 5.74) is 22.2. The summed E-state index contributed by atoms with van der Waals surface area (Å²) in [6.45, 7) is 11.0. The van der Waals surface area contributed by atoms with E-state index < -0.39 is 17.0 Å². The summed E-state index contributed by atoms with van der Waals surface area (Å²) in [5.74, 6) is 0.810. The third kappa shape index (κ3) is 34.0. The van der Waals surface area contributed by atoms with Gasteiger partial charge in [-0.3, -0.25) is 34.0 Å². The Bertz CT molecular complexity index is 7510. The largest absolute Gasteiger partial charge is 0.768 e. The molecule has 0 aliphatic heterocycles. The van der Waals surface area contributed by atoms with Gasteiger partial charge in [0.05, 0.1) is 114 Å². The number of carbonyl (C=O) groups is 1. The van der Waals surface area contributed by atoms with E-state index >= 15 is 0 Å². The Morgan fingerprint density at radius 1 is 0.315 bits per heavy atom. The molecule has 146 heavy (non-hydrogen) atoms. The van der Waals surface area contributed by atoms with Crippen LogP contribution in [-0.4, -0.2) is 141 Å². The van der Waals surface area contributed by atoms with E-state index in [2.05, 4.69) is 25.0 Å². The second kappa shape index (κ2) is 56.9. The number of hydrogen-bond acceptors (Lipinski definition) is 27. The number of benzene rings is 10. The number of thiocarbonyl (C=S) groups is 5. The van der Waals surface area contributed by atoms with Gasteiger partial charge in [-0.15, -0.1) is 56.7 Å². The lowest BCUT2D eigenvalue weighted by Crippen LogP contribution is -2.11. The molecule has 0 spiro atoms. The van der Waals surface area contributed by atoms with Crippen LogP contribution in [0.15, 0.2) is 269 Å². The predicted molar refractivity (Wildman–Crippen MR) is 636 cm³/mol. The standard InChI is InChI=1S/C22H18Cl2N2O2S2.C22H19Cl2NO2S2.C21H17Cl2NO3S3.2C21H17Cl2NO2S2.H3N/c1-12(26-10-16(29)8-13-2-4-14(5-3-13)22(25)28)17-11-30-21(20(17)27)15-6-7-18(23)19(24)9-15;1-13(25-10-17(28)8-14-3-2-4-15(7-14)11-26)18-12-29-22(21(18)27)16-5-6-19(23)20(24)9-16;1-12(24-10-15(28)7-13-3-2-4-16(8-13)30(26)27)17-11-29-21(20(17)25)14-5-6-18(22)19(23)9-14;1-12(24-10-16(27)8-13-2-5-15(25)6-3-13)17-11-28-21(20(17)26)14-4-7-18(22)19(23)9-14;1-12(24-10-16(27)8-13-3-2-4-15(25)7-13)17-11-28-21(20(17)26)14-5-6-18(22)19(23)9-14;/h2-7,9,11,27H,8,10H2,1H3,(H2,25,28);2-7,9,12,26-27H,8,10-11H2,1H3;2-6,8-9,11,25H,7,10H2,1H3,(H,26,27);2*2-7,9,11,25-26H,8,10H2,1H3;1H3/p-1. The second-order valence-corrected chi connectivity index (χ2v) is 44.4. The molecule has 1 atom stereocenters.